The maximum absolute atomic E-state index is 10.4. The third-order valence-corrected chi connectivity index (χ3v) is 5.42. The number of nitrogens with one attached hydrogen (secondary N) is 1. The molecule has 2 aliphatic rings. The number of ether oxygens (including phenoxy) is 1. The summed E-state index contributed by atoms with van der Waals surface area (Å²) in [6.07, 6.45) is 9.94. The van der Waals surface area contributed by atoms with Gasteiger partial charge in [-0.15, -0.1) is 10.2 Å². The second-order valence-electron chi connectivity index (χ2n) is 7.28. The number of phenolic OH excluding ortho intramolecular Hbond substituents is 1. The van der Waals surface area contributed by atoms with Crippen LogP contribution < -0.4 is 10.1 Å². The molecule has 7 heteroatoms. The van der Waals surface area contributed by atoms with Gasteiger partial charge in [0.25, 0.3) is 0 Å². The fraction of sp³-hybridized carbons (Fsp3) is 0.350. The first kappa shape index (κ1) is 16.3. The van der Waals surface area contributed by atoms with Crippen LogP contribution in [0.15, 0.2) is 49.1 Å². The first-order valence-corrected chi connectivity index (χ1v) is 9.33. The number of hydrogen-bond donors (Lipinski definition) is 2. The molecule has 0 saturated carbocycles. The third kappa shape index (κ3) is 3.26. The zero-order chi connectivity index (χ0) is 18.2. The molecule has 2 bridgehead atoms. The van der Waals surface area contributed by atoms with Gasteiger partial charge in [0.2, 0.25) is 5.88 Å². The van der Waals surface area contributed by atoms with Crippen LogP contribution >= 0.6 is 0 Å². The van der Waals surface area contributed by atoms with E-state index in [2.05, 4.69) is 20.5 Å². The van der Waals surface area contributed by atoms with Crippen LogP contribution in [0.25, 0.3) is 16.9 Å². The van der Waals surface area contributed by atoms with Gasteiger partial charge < -0.3 is 19.7 Å². The molecule has 3 aromatic rings. The smallest absolute Gasteiger partial charge is 0.233 e. The number of hydrogen-bond acceptors (Lipinski definition) is 6. The number of fused-ring (bicyclic) bond motifs is 2. The summed E-state index contributed by atoms with van der Waals surface area (Å²) >= 11 is 0. The lowest BCUT2D eigenvalue weighted by atomic mass is 10.0. The average Bonchev–Trinajstić information content (AvgIpc) is 3.32. The van der Waals surface area contributed by atoms with E-state index in [-0.39, 0.29) is 11.9 Å². The van der Waals surface area contributed by atoms with Gasteiger partial charge in [0, 0.05) is 42.2 Å². The third-order valence-electron chi connectivity index (χ3n) is 5.42. The molecule has 0 radical (unpaired) electrons. The highest BCUT2D eigenvalue weighted by Gasteiger charge is 2.34. The lowest BCUT2D eigenvalue weighted by molar-refractivity contribution is 0.130. The lowest BCUT2D eigenvalue weighted by Crippen LogP contribution is -2.42. The van der Waals surface area contributed by atoms with Crippen molar-refractivity contribution in [2.24, 2.45) is 0 Å². The monoisotopic (exact) mass is 363 g/mol. The Morgan fingerprint density at radius 3 is 2.59 bits per heavy atom. The van der Waals surface area contributed by atoms with Crippen molar-refractivity contribution in [3.05, 3.63) is 49.1 Å². The number of benzene rings is 1. The lowest BCUT2D eigenvalue weighted by Gasteiger charge is -2.28. The molecule has 2 saturated heterocycles. The van der Waals surface area contributed by atoms with Gasteiger partial charge in [-0.25, -0.2) is 4.98 Å². The summed E-state index contributed by atoms with van der Waals surface area (Å²) in [5.74, 6) is 0.693. The Morgan fingerprint density at radius 2 is 1.93 bits per heavy atom. The van der Waals surface area contributed by atoms with E-state index in [1.54, 1.807) is 18.6 Å². The molecule has 0 aliphatic carbocycles. The number of piperidine rings is 1. The van der Waals surface area contributed by atoms with E-state index < -0.39 is 0 Å². The minimum atomic E-state index is 0.152. The maximum Gasteiger partial charge on any atom is 0.233 e. The van der Waals surface area contributed by atoms with Gasteiger partial charge in [-0.1, -0.05) is 0 Å². The van der Waals surface area contributed by atoms with Crippen molar-refractivity contribution in [2.45, 2.75) is 43.9 Å². The highest BCUT2D eigenvalue weighted by molar-refractivity contribution is 5.68. The Labute approximate surface area is 157 Å². The first-order chi connectivity index (χ1) is 13.2. The molecule has 2 fully saturated rings. The van der Waals surface area contributed by atoms with Crippen LogP contribution in [0.1, 0.15) is 25.7 Å². The zero-order valence-electron chi connectivity index (χ0n) is 14.8. The summed E-state index contributed by atoms with van der Waals surface area (Å²) in [4.78, 5) is 4.02. The fourth-order valence-corrected chi connectivity index (χ4v) is 4.11. The molecule has 0 amide bonds. The van der Waals surface area contributed by atoms with Gasteiger partial charge in [0.05, 0.1) is 17.7 Å². The van der Waals surface area contributed by atoms with Gasteiger partial charge in [-0.2, -0.15) is 0 Å². The Bertz CT molecular complexity index is 914. The van der Waals surface area contributed by atoms with E-state index in [0.717, 1.165) is 18.5 Å². The molecule has 2 N–H and O–H groups in total. The predicted molar refractivity (Wildman–Crippen MR) is 99.9 cm³/mol. The maximum atomic E-state index is 10.4. The fourth-order valence-electron chi connectivity index (χ4n) is 4.11. The summed E-state index contributed by atoms with van der Waals surface area (Å²) in [5.41, 5.74) is 2.09. The van der Waals surface area contributed by atoms with Crippen LogP contribution in [0.3, 0.4) is 0 Å². The normalized spacial score (nSPS) is 24.1. The van der Waals surface area contributed by atoms with Crippen molar-refractivity contribution in [3.8, 4) is 28.6 Å². The van der Waals surface area contributed by atoms with E-state index >= 15 is 0 Å². The second kappa shape index (κ2) is 6.66. The largest absolute Gasteiger partial charge is 0.507 e. The minimum absolute atomic E-state index is 0.152. The van der Waals surface area contributed by atoms with Crippen molar-refractivity contribution < 1.29 is 9.84 Å². The van der Waals surface area contributed by atoms with Gasteiger partial charge >= 0.3 is 0 Å². The number of aromatic nitrogens is 4. The molecule has 138 valence electrons. The molecule has 4 heterocycles. The molecule has 2 aromatic heterocycles. The average molecular weight is 363 g/mol. The van der Waals surface area contributed by atoms with E-state index in [9.17, 15) is 5.11 Å². The highest BCUT2D eigenvalue weighted by Crippen LogP contribution is 2.31. The standard InChI is InChI=1S/C20H21N5O2/c26-19-11-15(25-8-7-21-12-25)3-4-17(19)18-5-6-20(24-23-18)27-16-9-13-1-2-14(10-16)22-13/h3-8,11-14,16,22,26H,1-2,9-10H2. The molecule has 5 rings (SSSR count). The molecule has 2 aliphatic heterocycles. The first-order valence-electron chi connectivity index (χ1n) is 9.33. The number of rotatable bonds is 4. The zero-order valence-corrected chi connectivity index (χ0v) is 14.8. The molecule has 1 aromatic carbocycles. The van der Waals surface area contributed by atoms with E-state index in [4.69, 9.17) is 4.74 Å². The second-order valence-corrected chi connectivity index (χ2v) is 7.28. The van der Waals surface area contributed by atoms with Crippen LogP contribution in [0.4, 0.5) is 0 Å². The number of aromatic hydroxyl groups is 1. The molecular weight excluding hydrogens is 342 g/mol. The summed E-state index contributed by atoms with van der Waals surface area (Å²) < 4.78 is 7.87. The summed E-state index contributed by atoms with van der Waals surface area (Å²) in [5, 5.41) is 22.5. The van der Waals surface area contributed by atoms with Crippen molar-refractivity contribution >= 4 is 0 Å². The van der Waals surface area contributed by atoms with Gasteiger partial charge in [0.15, 0.2) is 0 Å². The molecule has 2 atom stereocenters. The van der Waals surface area contributed by atoms with E-state index in [1.165, 1.54) is 12.8 Å². The molecule has 27 heavy (non-hydrogen) atoms. The van der Waals surface area contributed by atoms with Crippen molar-refractivity contribution in [3.63, 3.8) is 0 Å². The Morgan fingerprint density at radius 1 is 1.07 bits per heavy atom. The number of phenols is 1. The molecular formula is C20H21N5O2. The Kier molecular flexibility index (Phi) is 4.01. The van der Waals surface area contributed by atoms with E-state index in [0.29, 0.717) is 29.2 Å². The van der Waals surface area contributed by atoms with Gasteiger partial charge in [-0.05, 0) is 43.9 Å². The van der Waals surface area contributed by atoms with Gasteiger partial charge in [-0.3, -0.25) is 0 Å². The minimum Gasteiger partial charge on any atom is -0.507 e. The SMILES string of the molecule is Oc1cc(-n2ccnc2)ccc1-c1ccc(OC2CC3CCC(C2)N3)nn1. The van der Waals surface area contributed by atoms with Crippen LogP contribution in [0.2, 0.25) is 0 Å². The van der Waals surface area contributed by atoms with Crippen LogP contribution in [0.5, 0.6) is 11.6 Å². The quantitative estimate of drug-likeness (QED) is 0.741. The van der Waals surface area contributed by atoms with E-state index in [1.807, 2.05) is 35.0 Å². The number of imidazole rings is 1. The van der Waals surface area contributed by atoms with Gasteiger partial charge in [0.1, 0.15) is 11.9 Å². The molecule has 2 unspecified atom stereocenters. The topological polar surface area (TPSA) is 85.1 Å². The van der Waals surface area contributed by atoms with Crippen LogP contribution in [-0.4, -0.2) is 43.0 Å². The number of nitrogens with zero attached hydrogens (tertiary/aromatic N) is 4. The molecule has 0 spiro atoms. The Hall–Kier alpha value is -2.93. The highest BCUT2D eigenvalue weighted by atomic mass is 16.5. The van der Waals surface area contributed by atoms with Crippen molar-refractivity contribution in [1.82, 2.24) is 25.1 Å². The molecule has 7 nitrogen and oxygen atoms in total. The van der Waals surface area contributed by atoms with Crippen LogP contribution in [0, 0.1) is 0 Å². The van der Waals surface area contributed by atoms with Crippen LogP contribution in [-0.2, 0) is 0 Å². The predicted octanol–water partition coefficient (Wildman–Crippen LogP) is 2.70. The summed E-state index contributed by atoms with van der Waals surface area (Å²) in [6.45, 7) is 0. The van der Waals surface area contributed by atoms with Crippen molar-refractivity contribution in [2.75, 3.05) is 0 Å². The summed E-state index contributed by atoms with van der Waals surface area (Å²) in [7, 11) is 0. The summed E-state index contributed by atoms with van der Waals surface area (Å²) in [6, 6.07) is 10.2. The Balaban J connectivity index is 1.31. The van der Waals surface area contributed by atoms with Crippen molar-refractivity contribution in [1.29, 1.82) is 0 Å².